The van der Waals surface area contributed by atoms with Gasteiger partial charge in [-0.15, -0.1) is 0 Å². The molecule has 2 aromatic rings. The van der Waals surface area contributed by atoms with E-state index in [1.807, 2.05) is 6.07 Å². The van der Waals surface area contributed by atoms with Crippen LogP contribution in [0.5, 0.6) is 5.75 Å². The standard InChI is InChI=1S/C25H33N3O2/c1-20(7-8-21-5-3-2-4-6-21)26-25(29)19-28-14-12-27(13-15-28)18-22-9-10-24-23(17-22)11-16-30-24/h2-6,9-10,17,20H,7-8,11-16,18-19H2,1H3,(H,26,29)/p+2/t20-/m1/s1. The van der Waals surface area contributed by atoms with Gasteiger partial charge in [-0.1, -0.05) is 30.3 Å². The van der Waals surface area contributed by atoms with E-state index < -0.39 is 0 Å². The molecule has 5 heteroatoms. The SMILES string of the molecule is C[C@H](CCc1ccccc1)NC(=O)C[NH+]1CC[NH+](Cc2ccc3c(c2)CCO3)CC1. The van der Waals surface area contributed by atoms with Gasteiger partial charge in [0.25, 0.3) is 5.91 Å². The molecular weight excluding hydrogens is 374 g/mol. The van der Waals surface area contributed by atoms with E-state index in [-0.39, 0.29) is 11.9 Å². The third-order valence-electron chi connectivity index (χ3n) is 6.40. The van der Waals surface area contributed by atoms with Gasteiger partial charge >= 0.3 is 0 Å². The molecule has 0 aromatic heterocycles. The lowest BCUT2D eigenvalue weighted by molar-refractivity contribution is -1.02. The van der Waals surface area contributed by atoms with Crippen molar-refractivity contribution in [3.05, 3.63) is 65.2 Å². The average molecular weight is 410 g/mol. The molecule has 0 unspecified atom stereocenters. The molecule has 0 radical (unpaired) electrons. The van der Waals surface area contributed by atoms with Crippen molar-refractivity contribution in [1.29, 1.82) is 0 Å². The van der Waals surface area contributed by atoms with Gasteiger partial charge in [-0.2, -0.15) is 0 Å². The fraction of sp³-hybridized carbons (Fsp3) is 0.480. The molecule has 2 aliphatic heterocycles. The number of amides is 1. The molecule has 1 fully saturated rings. The smallest absolute Gasteiger partial charge is 0.275 e. The summed E-state index contributed by atoms with van der Waals surface area (Å²) >= 11 is 0. The summed E-state index contributed by atoms with van der Waals surface area (Å²) in [5.74, 6) is 1.25. The van der Waals surface area contributed by atoms with Gasteiger partial charge in [0.2, 0.25) is 0 Å². The Labute approximate surface area is 180 Å². The van der Waals surface area contributed by atoms with Gasteiger partial charge in [0.05, 0.1) is 6.61 Å². The van der Waals surface area contributed by atoms with Crippen molar-refractivity contribution >= 4 is 5.91 Å². The van der Waals surface area contributed by atoms with E-state index in [0.717, 1.165) is 64.3 Å². The molecule has 3 N–H and O–H groups in total. The third-order valence-corrected chi connectivity index (χ3v) is 6.40. The lowest BCUT2D eigenvalue weighted by Crippen LogP contribution is -3.28. The molecule has 0 aliphatic carbocycles. The fourth-order valence-corrected chi connectivity index (χ4v) is 4.60. The zero-order chi connectivity index (χ0) is 20.8. The van der Waals surface area contributed by atoms with Crippen LogP contribution >= 0.6 is 0 Å². The van der Waals surface area contributed by atoms with Crippen molar-refractivity contribution in [3.63, 3.8) is 0 Å². The highest BCUT2D eigenvalue weighted by atomic mass is 16.5. The molecule has 1 amide bonds. The predicted octanol–water partition coefficient (Wildman–Crippen LogP) is 0.0424. The van der Waals surface area contributed by atoms with Crippen LogP contribution in [0.25, 0.3) is 0 Å². The summed E-state index contributed by atoms with van der Waals surface area (Å²) < 4.78 is 5.61. The van der Waals surface area contributed by atoms with Gasteiger partial charge in [-0.05, 0) is 49.1 Å². The van der Waals surface area contributed by atoms with Crippen LogP contribution in [0.3, 0.4) is 0 Å². The summed E-state index contributed by atoms with van der Waals surface area (Å²) in [6, 6.07) is 17.4. The third kappa shape index (κ3) is 5.83. The van der Waals surface area contributed by atoms with Gasteiger partial charge in [-0.3, -0.25) is 4.79 Å². The van der Waals surface area contributed by atoms with Crippen LogP contribution in [0.15, 0.2) is 48.5 Å². The monoisotopic (exact) mass is 409 g/mol. The summed E-state index contributed by atoms with van der Waals surface area (Å²) in [5.41, 5.74) is 4.09. The quantitative estimate of drug-likeness (QED) is 0.577. The largest absolute Gasteiger partial charge is 0.493 e. The Morgan fingerprint density at radius 1 is 1.03 bits per heavy atom. The zero-order valence-electron chi connectivity index (χ0n) is 18.1. The molecule has 0 bridgehead atoms. The molecule has 0 saturated carbocycles. The predicted molar refractivity (Wildman–Crippen MR) is 118 cm³/mol. The maximum absolute atomic E-state index is 12.5. The highest BCUT2D eigenvalue weighted by Gasteiger charge is 2.25. The van der Waals surface area contributed by atoms with Crippen LogP contribution in [0.4, 0.5) is 0 Å². The van der Waals surface area contributed by atoms with Crippen LogP contribution in [-0.4, -0.2) is 51.3 Å². The molecule has 2 heterocycles. The van der Waals surface area contributed by atoms with Gasteiger partial charge in [0, 0.05) is 18.0 Å². The normalized spacial score (nSPS) is 21.5. The number of carbonyl (C=O) groups excluding carboxylic acids is 1. The number of rotatable bonds is 8. The molecule has 30 heavy (non-hydrogen) atoms. The van der Waals surface area contributed by atoms with E-state index >= 15 is 0 Å². The van der Waals surface area contributed by atoms with E-state index in [9.17, 15) is 4.79 Å². The minimum absolute atomic E-state index is 0.188. The molecule has 2 aromatic carbocycles. The molecule has 1 saturated heterocycles. The fourth-order valence-electron chi connectivity index (χ4n) is 4.60. The number of fused-ring (bicyclic) bond motifs is 1. The second-order valence-corrected chi connectivity index (χ2v) is 8.89. The Balaban J connectivity index is 1.15. The van der Waals surface area contributed by atoms with Crippen LogP contribution in [0.2, 0.25) is 0 Å². The molecule has 4 rings (SSSR count). The first-order valence-corrected chi connectivity index (χ1v) is 11.4. The van der Waals surface area contributed by atoms with Crippen LogP contribution in [0, 0.1) is 0 Å². The van der Waals surface area contributed by atoms with Crippen molar-refractivity contribution in [2.75, 3.05) is 39.3 Å². The number of hydrogen-bond donors (Lipinski definition) is 3. The minimum atomic E-state index is 0.188. The number of ether oxygens (including phenoxy) is 1. The Morgan fingerprint density at radius 3 is 2.60 bits per heavy atom. The summed E-state index contributed by atoms with van der Waals surface area (Å²) in [6.07, 6.45) is 3.02. The highest BCUT2D eigenvalue weighted by molar-refractivity contribution is 5.77. The van der Waals surface area contributed by atoms with Crippen LogP contribution < -0.4 is 19.9 Å². The summed E-state index contributed by atoms with van der Waals surface area (Å²) in [4.78, 5) is 15.5. The first kappa shape index (κ1) is 20.9. The zero-order valence-corrected chi connectivity index (χ0v) is 18.1. The lowest BCUT2D eigenvalue weighted by atomic mass is 10.1. The van der Waals surface area contributed by atoms with Crippen LogP contribution in [0.1, 0.15) is 30.0 Å². The second kappa shape index (κ2) is 10.1. The molecule has 5 nitrogen and oxygen atoms in total. The van der Waals surface area contributed by atoms with Crippen molar-refractivity contribution in [2.24, 2.45) is 0 Å². The van der Waals surface area contributed by atoms with Gasteiger partial charge in [0.15, 0.2) is 6.54 Å². The average Bonchev–Trinajstić information content (AvgIpc) is 3.22. The topological polar surface area (TPSA) is 47.2 Å². The Bertz CT molecular complexity index is 832. The number of quaternary nitrogens is 2. The van der Waals surface area contributed by atoms with Gasteiger partial charge in [0.1, 0.15) is 38.5 Å². The molecule has 1 atom stereocenters. The number of hydrogen-bond acceptors (Lipinski definition) is 2. The van der Waals surface area contributed by atoms with Crippen LogP contribution in [-0.2, 0) is 24.2 Å². The number of carbonyl (C=O) groups is 1. The first-order valence-electron chi connectivity index (χ1n) is 11.4. The summed E-state index contributed by atoms with van der Waals surface area (Å²) in [7, 11) is 0. The molecule has 2 aliphatic rings. The van der Waals surface area contributed by atoms with Gasteiger partial charge in [-0.25, -0.2) is 0 Å². The number of piperazine rings is 1. The molecule has 160 valence electrons. The Morgan fingerprint density at radius 2 is 1.80 bits per heavy atom. The Kier molecular flexibility index (Phi) is 7.03. The molecule has 0 spiro atoms. The van der Waals surface area contributed by atoms with E-state index in [1.54, 1.807) is 4.90 Å². The molecular formula is C25H35N3O2+2. The van der Waals surface area contributed by atoms with E-state index in [4.69, 9.17) is 4.74 Å². The minimum Gasteiger partial charge on any atom is -0.493 e. The van der Waals surface area contributed by atoms with Crippen molar-refractivity contribution in [3.8, 4) is 5.75 Å². The summed E-state index contributed by atoms with van der Waals surface area (Å²) in [5, 5.41) is 3.19. The number of aryl methyl sites for hydroxylation is 1. The lowest BCUT2D eigenvalue weighted by Gasteiger charge is -2.29. The van der Waals surface area contributed by atoms with Gasteiger partial charge < -0.3 is 19.9 Å². The van der Waals surface area contributed by atoms with E-state index in [0.29, 0.717) is 6.54 Å². The Hall–Kier alpha value is -2.37. The summed E-state index contributed by atoms with van der Waals surface area (Å²) in [6.45, 7) is 8.98. The number of benzene rings is 2. The maximum Gasteiger partial charge on any atom is 0.275 e. The second-order valence-electron chi connectivity index (χ2n) is 8.89. The van der Waals surface area contributed by atoms with Crippen molar-refractivity contribution in [1.82, 2.24) is 5.32 Å². The van der Waals surface area contributed by atoms with E-state index in [2.05, 4.69) is 54.7 Å². The first-order chi connectivity index (χ1) is 14.7. The van der Waals surface area contributed by atoms with Crippen molar-refractivity contribution in [2.45, 2.75) is 38.8 Å². The van der Waals surface area contributed by atoms with E-state index in [1.165, 1.54) is 21.6 Å². The highest BCUT2D eigenvalue weighted by Crippen LogP contribution is 2.25. The number of nitrogens with one attached hydrogen (secondary N) is 3. The van der Waals surface area contributed by atoms with Crippen molar-refractivity contribution < 1.29 is 19.3 Å². The maximum atomic E-state index is 12.5.